The third-order valence-electron chi connectivity index (χ3n) is 3.23. The third kappa shape index (κ3) is 14.5. The lowest BCUT2D eigenvalue weighted by atomic mass is 10.2. The minimum atomic E-state index is -0.549. The fraction of sp³-hybridized carbons (Fsp3) is 0.667. The van der Waals surface area contributed by atoms with E-state index < -0.39 is 11.8 Å². The highest BCUT2D eigenvalue weighted by Gasteiger charge is 2.09. The van der Waals surface area contributed by atoms with Crippen molar-refractivity contribution in [1.82, 2.24) is 0 Å². The molecule has 0 aromatic heterocycles. The summed E-state index contributed by atoms with van der Waals surface area (Å²) in [4.78, 5) is 11.6. The zero-order valence-corrected chi connectivity index (χ0v) is 17.6. The molecule has 0 unspecified atom stereocenters. The van der Waals surface area contributed by atoms with Crippen molar-refractivity contribution >= 4 is 5.97 Å². The van der Waals surface area contributed by atoms with Crippen molar-refractivity contribution in [2.45, 2.75) is 40.5 Å². The topological polar surface area (TPSA) is 63.2 Å². The standard InChI is InChI=1S/C19H29FO6.C2H6.H2/c1-3-7-22-9-11-24-13-14-25-12-10-23-8-6-19(21)26-18-5-4-16(2)15-17(18)20;1-2;/h4-5,15H,3,6-14H2,1-2H3;1-2H3;1H. The molecule has 28 heavy (non-hydrogen) atoms. The van der Waals surface area contributed by atoms with Crippen LogP contribution in [0.3, 0.4) is 0 Å². The molecule has 0 N–H and O–H groups in total. The largest absolute Gasteiger partial charge is 0.423 e. The van der Waals surface area contributed by atoms with Crippen LogP contribution < -0.4 is 4.74 Å². The summed E-state index contributed by atoms with van der Waals surface area (Å²) in [6, 6.07) is 4.44. The molecule has 7 heteroatoms. The van der Waals surface area contributed by atoms with Crippen LogP contribution in [0.25, 0.3) is 0 Å². The minimum absolute atomic E-state index is 0. The number of halogens is 1. The van der Waals surface area contributed by atoms with Gasteiger partial charge in [0.25, 0.3) is 0 Å². The maximum Gasteiger partial charge on any atom is 0.313 e. The molecule has 0 saturated carbocycles. The normalized spacial score (nSPS) is 10.3. The van der Waals surface area contributed by atoms with E-state index in [2.05, 4.69) is 6.92 Å². The summed E-state index contributed by atoms with van der Waals surface area (Å²) in [7, 11) is 0. The number of carbonyl (C=O) groups is 1. The highest BCUT2D eigenvalue weighted by molar-refractivity contribution is 5.72. The van der Waals surface area contributed by atoms with Gasteiger partial charge in [-0.3, -0.25) is 4.79 Å². The molecule has 164 valence electrons. The van der Waals surface area contributed by atoms with E-state index in [1.807, 2.05) is 13.8 Å². The summed E-state index contributed by atoms with van der Waals surface area (Å²) in [5.74, 6) is -1.15. The van der Waals surface area contributed by atoms with Crippen molar-refractivity contribution in [2.75, 3.05) is 52.9 Å². The third-order valence-corrected chi connectivity index (χ3v) is 3.23. The lowest BCUT2D eigenvalue weighted by molar-refractivity contribution is -0.135. The lowest BCUT2D eigenvalue weighted by Gasteiger charge is -2.08. The van der Waals surface area contributed by atoms with Crippen molar-refractivity contribution in [2.24, 2.45) is 0 Å². The number of hydrogen-bond acceptors (Lipinski definition) is 6. The smallest absolute Gasteiger partial charge is 0.313 e. The van der Waals surface area contributed by atoms with Crippen molar-refractivity contribution in [3.63, 3.8) is 0 Å². The van der Waals surface area contributed by atoms with Crippen LogP contribution in [0.5, 0.6) is 5.75 Å². The summed E-state index contributed by atoms with van der Waals surface area (Å²) in [6.45, 7) is 11.7. The van der Waals surface area contributed by atoms with Crippen molar-refractivity contribution in [1.29, 1.82) is 0 Å². The lowest BCUT2D eigenvalue weighted by Crippen LogP contribution is -2.15. The van der Waals surface area contributed by atoms with Gasteiger partial charge in [-0.2, -0.15) is 0 Å². The Balaban J connectivity index is 0. The van der Waals surface area contributed by atoms with Crippen LogP contribution in [0.2, 0.25) is 0 Å². The summed E-state index contributed by atoms with van der Waals surface area (Å²) in [6.07, 6.45) is 1.05. The maximum atomic E-state index is 13.6. The van der Waals surface area contributed by atoms with Gasteiger partial charge in [-0.15, -0.1) is 0 Å². The number of hydrogen-bond donors (Lipinski definition) is 0. The quantitative estimate of drug-likeness (QED) is 0.248. The molecule has 6 nitrogen and oxygen atoms in total. The van der Waals surface area contributed by atoms with Crippen LogP contribution in [0.1, 0.15) is 40.6 Å². The first-order valence-electron chi connectivity index (χ1n) is 9.91. The van der Waals surface area contributed by atoms with Crippen LogP contribution in [-0.4, -0.2) is 58.8 Å². The van der Waals surface area contributed by atoms with Gasteiger partial charge in [0.15, 0.2) is 11.6 Å². The Hall–Kier alpha value is -1.54. The number of ether oxygens (including phenoxy) is 5. The maximum absolute atomic E-state index is 13.6. The molecular formula is C21H37FO6. The second kappa shape index (κ2) is 18.8. The Morgan fingerprint density at radius 1 is 0.893 bits per heavy atom. The monoisotopic (exact) mass is 404 g/mol. The Bertz CT molecular complexity index is 516. The van der Waals surface area contributed by atoms with E-state index >= 15 is 0 Å². The predicted octanol–water partition coefficient (Wildman–Crippen LogP) is 4.18. The fourth-order valence-corrected chi connectivity index (χ4v) is 1.92. The Morgan fingerprint density at radius 3 is 1.89 bits per heavy atom. The molecule has 0 heterocycles. The average molecular weight is 405 g/mol. The average Bonchev–Trinajstić information content (AvgIpc) is 2.69. The molecule has 0 aliphatic heterocycles. The van der Waals surface area contributed by atoms with Gasteiger partial charge in [0.2, 0.25) is 0 Å². The molecular weight excluding hydrogens is 367 g/mol. The highest BCUT2D eigenvalue weighted by atomic mass is 19.1. The Kier molecular flexibility index (Phi) is 17.8. The number of rotatable bonds is 15. The Labute approximate surface area is 169 Å². The van der Waals surface area contributed by atoms with Crippen LogP contribution >= 0.6 is 0 Å². The predicted molar refractivity (Wildman–Crippen MR) is 108 cm³/mol. The van der Waals surface area contributed by atoms with Crippen LogP contribution in [0, 0.1) is 12.7 Å². The van der Waals surface area contributed by atoms with Gasteiger partial charge in [0, 0.05) is 8.03 Å². The molecule has 0 bridgehead atoms. The SMILES string of the molecule is CC.CCCOCCOCCOCCOCCC(=O)Oc1ccc(C)cc1F.[HH]. The van der Waals surface area contributed by atoms with Crippen molar-refractivity contribution in [3.8, 4) is 5.75 Å². The van der Waals surface area contributed by atoms with E-state index in [9.17, 15) is 9.18 Å². The molecule has 0 aliphatic carbocycles. The number of carbonyl (C=O) groups excluding carboxylic acids is 1. The van der Waals surface area contributed by atoms with E-state index in [1.54, 1.807) is 13.0 Å². The second-order valence-electron chi connectivity index (χ2n) is 5.61. The van der Waals surface area contributed by atoms with E-state index in [4.69, 9.17) is 23.7 Å². The van der Waals surface area contributed by atoms with Gasteiger partial charge in [-0.05, 0) is 31.0 Å². The highest BCUT2D eigenvalue weighted by Crippen LogP contribution is 2.18. The first kappa shape index (κ1) is 26.5. The zero-order chi connectivity index (χ0) is 21.0. The van der Waals surface area contributed by atoms with Gasteiger partial charge in [-0.1, -0.05) is 26.8 Å². The fourth-order valence-electron chi connectivity index (χ4n) is 1.92. The van der Waals surface area contributed by atoms with Gasteiger partial charge < -0.3 is 23.7 Å². The molecule has 1 aromatic rings. The molecule has 1 aromatic carbocycles. The minimum Gasteiger partial charge on any atom is -0.423 e. The zero-order valence-electron chi connectivity index (χ0n) is 17.6. The van der Waals surface area contributed by atoms with Crippen molar-refractivity contribution < 1.29 is 34.3 Å². The molecule has 0 radical (unpaired) electrons. The second-order valence-corrected chi connectivity index (χ2v) is 5.61. The molecule has 0 spiro atoms. The summed E-state index contributed by atoms with van der Waals surface area (Å²) >= 11 is 0. The molecule has 0 saturated heterocycles. The van der Waals surface area contributed by atoms with E-state index in [-0.39, 0.29) is 20.2 Å². The molecule has 0 fully saturated rings. The van der Waals surface area contributed by atoms with Crippen LogP contribution in [0.15, 0.2) is 18.2 Å². The summed E-state index contributed by atoms with van der Waals surface area (Å²) in [5, 5.41) is 0. The van der Waals surface area contributed by atoms with Crippen molar-refractivity contribution in [3.05, 3.63) is 29.6 Å². The van der Waals surface area contributed by atoms with Crippen LogP contribution in [-0.2, 0) is 23.7 Å². The van der Waals surface area contributed by atoms with E-state index in [1.165, 1.54) is 12.1 Å². The number of esters is 1. The summed E-state index contributed by atoms with van der Waals surface area (Å²) < 4.78 is 39.7. The first-order chi connectivity index (χ1) is 13.6. The van der Waals surface area contributed by atoms with Gasteiger partial charge in [0.1, 0.15) is 0 Å². The number of aryl methyl sites for hydroxylation is 1. The molecule has 0 amide bonds. The van der Waals surface area contributed by atoms with Gasteiger partial charge >= 0.3 is 5.97 Å². The van der Waals surface area contributed by atoms with E-state index in [0.717, 1.165) is 18.6 Å². The van der Waals surface area contributed by atoms with Gasteiger partial charge in [-0.25, -0.2) is 4.39 Å². The Morgan fingerprint density at radius 2 is 1.39 bits per heavy atom. The molecule has 1 rings (SSSR count). The molecule has 0 aliphatic rings. The van der Waals surface area contributed by atoms with Crippen LogP contribution in [0.4, 0.5) is 4.39 Å². The number of benzene rings is 1. The van der Waals surface area contributed by atoms with E-state index in [0.29, 0.717) is 39.6 Å². The summed E-state index contributed by atoms with van der Waals surface area (Å²) in [5.41, 5.74) is 0.765. The molecule has 0 atom stereocenters. The van der Waals surface area contributed by atoms with Gasteiger partial charge in [0.05, 0.1) is 52.7 Å². The first-order valence-corrected chi connectivity index (χ1v) is 9.91.